The van der Waals surface area contributed by atoms with E-state index < -0.39 is 0 Å². The van der Waals surface area contributed by atoms with Gasteiger partial charge in [-0.1, -0.05) is 36.4 Å². The van der Waals surface area contributed by atoms with E-state index >= 15 is 0 Å². The Kier molecular flexibility index (Phi) is 3.92. The number of fused-ring (bicyclic) bond motifs is 1. The van der Waals surface area contributed by atoms with Gasteiger partial charge in [0.1, 0.15) is 6.54 Å². The third kappa shape index (κ3) is 2.72. The lowest BCUT2D eigenvalue weighted by atomic mass is 10.2. The third-order valence-electron chi connectivity index (χ3n) is 3.93. The maximum atomic E-state index is 12.6. The number of rotatable bonds is 3. The molecule has 1 aliphatic rings. The molecular formula is C18H18N2O2. The van der Waals surface area contributed by atoms with Crippen LogP contribution in [0.1, 0.15) is 12.5 Å². The summed E-state index contributed by atoms with van der Waals surface area (Å²) >= 11 is 0. The van der Waals surface area contributed by atoms with Crippen LogP contribution in [-0.4, -0.2) is 24.9 Å². The largest absolute Gasteiger partial charge is 0.310 e. The van der Waals surface area contributed by atoms with E-state index in [9.17, 15) is 9.59 Å². The summed E-state index contributed by atoms with van der Waals surface area (Å²) in [6, 6.07) is 17.2. The van der Waals surface area contributed by atoms with Gasteiger partial charge in [0.05, 0.1) is 0 Å². The molecule has 0 aliphatic carbocycles. The zero-order valence-corrected chi connectivity index (χ0v) is 12.5. The average molecular weight is 294 g/mol. The topological polar surface area (TPSA) is 40.6 Å². The Balaban J connectivity index is 1.80. The van der Waals surface area contributed by atoms with Crippen LogP contribution in [0, 0.1) is 0 Å². The highest BCUT2D eigenvalue weighted by Gasteiger charge is 2.26. The van der Waals surface area contributed by atoms with Crippen molar-refractivity contribution < 1.29 is 9.59 Å². The number of para-hydroxylation sites is 2. The third-order valence-corrected chi connectivity index (χ3v) is 3.93. The lowest BCUT2D eigenvalue weighted by molar-refractivity contribution is -0.121. The number of amides is 2. The molecule has 2 aromatic carbocycles. The van der Waals surface area contributed by atoms with E-state index in [-0.39, 0.29) is 18.4 Å². The monoisotopic (exact) mass is 294 g/mol. The highest BCUT2D eigenvalue weighted by atomic mass is 16.2. The van der Waals surface area contributed by atoms with Crippen LogP contribution in [0.2, 0.25) is 0 Å². The van der Waals surface area contributed by atoms with Crippen LogP contribution in [0.3, 0.4) is 0 Å². The van der Waals surface area contributed by atoms with Crippen LogP contribution in [0.25, 0.3) is 0 Å². The minimum atomic E-state index is -0.132. The zero-order valence-electron chi connectivity index (χ0n) is 12.5. The summed E-state index contributed by atoms with van der Waals surface area (Å²) in [7, 11) is 0. The molecule has 0 bridgehead atoms. The van der Waals surface area contributed by atoms with E-state index in [0.717, 1.165) is 17.8 Å². The van der Waals surface area contributed by atoms with Crippen molar-refractivity contribution in [2.45, 2.75) is 13.3 Å². The van der Waals surface area contributed by atoms with E-state index in [1.54, 1.807) is 4.90 Å². The Labute approximate surface area is 130 Å². The molecule has 1 heterocycles. The van der Waals surface area contributed by atoms with E-state index in [2.05, 4.69) is 0 Å². The Morgan fingerprint density at radius 2 is 1.73 bits per heavy atom. The Bertz CT molecular complexity index is 697. The van der Waals surface area contributed by atoms with Gasteiger partial charge in [0.25, 0.3) is 0 Å². The Morgan fingerprint density at radius 3 is 2.45 bits per heavy atom. The van der Waals surface area contributed by atoms with Crippen molar-refractivity contribution in [2.75, 3.05) is 22.9 Å². The fourth-order valence-electron chi connectivity index (χ4n) is 2.81. The molecule has 0 aromatic heterocycles. The lowest BCUT2D eigenvalue weighted by Crippen LogP contribution is -2.41. The SMILES string of the molecule is CC(=O)N(CC(=O)N1CCc2ccccc21)c1ccccc1. The van der Waals surface area contributed by atoms with Crippen molar-refractivity contribution in [2.24, 2.45) is 0 Å². The van der Waals surface area contributed by atoms with Gasteiger partial charge in [0.15, 0.2) is 0 Å². The molecule has 0 spiro atoms. The van der Waals surface area contributed by atoms with E-state index in [0.29, 0.717) is 6.54 Å². The summed E-state index contributed by atoms with van der Waals surface area (Å²) in [5.41, 5.74) is 2.89. The van der Waals surface area contributed by atoms with Gasteiger partial charge in [-0.25, -0.2) is 0 Å². The highest BCUT2D eigenvalue weighted by molar-refractivity contribution is 6.03. The zero-order chi connectivity index (χ0) is 15.5. The van der Waals surface area contributed by atoms with E-state index in [4.69, 9.17) is 0 Å². The molecule has 4 nitrogen and oxygen atoms in total. The number of hydrogen-bond acceptors (Lipinski definition) is 2. The van der Waals surface area contributed by atoms with Crippen molar-refractivity contribution in [3.63, 3.8) is 0 Å². The normalized spacial score (nSPS) is 12.9. The molecule has 0 radical (unpaired) electrons. The molecule has 0 fully saturated rings. The van der Waals surface area contributed by atoms with Gasteiger partial charge < -0.3 is 9.80 Å². The summed E-state index contributed by atoms with van der Waals surface area (Å²) in [6.45, 7) is 2.23. The van der Waals surface area contributed by atoms with Crippen LogP contribution >= 0.6 is 0 Å². The van der Waals surface area contributed by atoms with Gasteiger partial charge >= 0.3 is 0 Å². The number of benzene rings is 2. The van der Waals surface area contributed by atoms with Gasteiger partial charge in [-0.15, -0.1) is 0 Å². The maximum absolute atomic E-state index is 12.6. The molecule has 0 unspecified atom stereocenters. The predicted molar refractivity (Wildman–Crippen MR) is 87.0 cm³/mol. The standard InChI is InChI=1S/C18H18N2O2/c1-14(21)20(16-8-3-2-4-9-16)13-18(22)19-12-11-15-7-5-6-10-17(15)19/h2-10H,11-13H2,1H3. The number of carbonyl (C=O) groups excluding carboxylic acids is 2. The number of anilines is 2. The van der Waals surface area contributed by atoms with Crippen molar-refractivity contribution in [1.82, 2.24) is 0 Å². The molecule has 0 N–H and O–H groups in total. The summed E-state index contributed by atoms with van der Waals surface area (Å²) < 4.78 is 0. The minimum Gasteiger partial charge on any atom is -0.310 e. The predicted octanol–water partition coefficient (Wildman–Crippen LogP) is 2.63. The fourth-order valence-corrected chi connectivity index (χ4v) is 2.81. The number of hydrogen-bond donors (Lipinski definition) is 0. The van der Waals surface area contributed by atoms with Crippen LogP contribution in [0.5, 0.6) is 0 Å². The van der Waals surface area contributed by atoms with Crippen LogP contribution < -0.4 is 9.80 Å². The molecule has 1 aliphatic heterocycles. The van der Waals surface area contributed by atoms with E-state index in [1.807, 2.05) is 54.6 Å². The summed E-state index contributed by atoms with van der Waals surface area (Å²) in [4.78, 5) is 27.8. The summed E-state index contributed by atoms with van der Waals surface area (Å²) in [6.07, 6.45) is 0.868. The lowest BCUT2D eigenvalue weighted by Gasteiger charge is -2.24. The van der Waals surface area contributed by atoms with Gasteiger partial charge in [-0.05, 0) is 30.2 Å². The maximum Gasteiger partial charge on any atom is 0.247 e. The first-order chi connectivity index (χ1) is 10.7. The smallest absolute Gasteiger partial charge is 0.247 e. The molecule has 22 heavy (non-hydrogen) atoms. The molecule has 112 valence electrons. The highest BCUT2D eigenvalue weighted by Crippen LogP contribution is 2.27. The van der Waals surface area contributed by atoms with Crippen LogP contribution in [0.4, 0.5) is 11.4 Å². The molecule has 0 atom stereocenters. The first kappa shape index (κ1) is 14.3. The molecular weight excluding hydrogens is 276 g/mol. The quantitative estimate of drug-likeness (QED) is 0.873. The van der Waals surface area contributed by atoms with E-state index in [1.165, 1.54) is 17.4 Å². The second-order valence-electron chi connectivity index (χ2n) is 5.36. The summed E-state index contributed by atoms with van der Waals surface area (Å²) in [5, 5.41) is 0. The number of nitrogens with zero attached hydrogens (tertiary/aromatic N) is 2. The molecule has 2 amide bonds. The van der Waals surface area contributed by atoms with Crippen molar-refractivity contribution in [1.29, 1.82) is 0 Å². The molecule has 0 saturated carbocycles. The second kappa shape index (κ2) is 6.02. The Hall–Kier alpha value is -2.62. The first-order valence-electron chi connectivity index (χ1n) is 7.38. The fraction of sp³-hybridized carbons (Fsp3) is 0.222. The molecule has 2 aromatic rings. The minimum absolute atomic E-state index is 0.0518. The van der Waals surface area contributed by atoms with Crippen molar-refractivity contribution in [3.05, 3.63) is 60.2 Å². The van der Waals surface area contributed by atoms with Crippen molar-refractivity contribution >= 4 is 23.2 Å². The van der Waals surface area contributed by atoms with Gasteiger partial charge in [-0.2, -0.15) is 0 Å². The molecule has 0 saturated heterocycles. The van der Waals surface area contributed by atoms with Gasteiger partial charge in [0.2, 0.25) is 11.8 Å². The second-order valence-corrected chi connectivity index (χ2v) is 5.36. The average Bonchev–Trinajstić information content (AvgIpc) is 2.97. The summed E-state index contributed by atoms with van der Waals surface area (Å²) in [5.74, 6) is -0.184. The van der Waals surface area contributed by atoms with Gasteiger partial charge in [0, 0.05) is 24.8 Å². The van der Waals surface area contributed by atoms with Crippen molar-refractivity contribution in [3.8, 4) is 0 Å². The molecule has 4 heteroatoms. The van der Waals surface area contributed by atoms with Crippen LogP contribution in [0.15, 0.2) is 54.6 Å². The number of carbonyl (C=O) groups is 2. The Morgan fingerprint density at radius 1 is 1.05 bits per heavy atom. The first-order valence-corrected chi connectivity index (χ1v) is 7.38. The van der Waals surface area contributed by atoms with Crippen LogP contribution in [-0.2, 0) is 16.0 Å². The molecule has 3 rings (SSSR count). The van der Waals surface area contributed by atoms with Gasteiger partial charge in [-0.3, -0.25) is 9.59 Å².